The smallest absolute Gasteiger partial charge is 0.331 e. The van der Waals surface area contributed by atoms with Crippen molar-refractivity contribution < 1.29 is 15.0 Å². The van der Waals surface area contributed by atoms with Gasteiger partial charge in [-0.2, -0.15) is 0 Å². The first-order valence-electron chi connectivity index (χ1n) is 3.86. The summed E-state index contributed by atoms with van der Waals surface area (Å²) in [6, 6.07) is 0. The molecule has 0 amide bonds. The molecule has 12 heavy (non-hydrogen) atoms. The van der Waals surface area contributed by atoms with Crippen molar-refractivity contribution in [1.29, 1.82) is 0 Å². The molecule has 0 aromatic heterocycles. The number of aliphatic carboxylic acids is 1. The van der Waals surface area contributed by atoms with Crippen LogP contribution in [-0.2, 0) is 4.79 Å². The molecule has 0 spiro atoms. The maximum absolute atomic E-state index is 10.5. The van der Waals surface area contributed by atoms with Crippen LogP contribution in [0.5, 0.6) is 0 Å². The van der Waals surface area contributed by atoms with E-state index >= 15 is 0 Å². The van der Waals surface area contributed by atoms with E-state index in [-0.39, 0.29) is 0 Å². The van der Waals surface area contributed by atoms with Crippen LogP contribution in [0.25, 0.3) is 0 Å². The van der Waals surface area contributed by atoms with Crippen LogP contribution >= 0.6 is 0 Å². The van der Waals surface area contributed by atoms with Crippen LogP contribution in [0.4, 0.5) is 0 Å². The summed E-state index contributed by atoms with van der Waals surface area (Å²) in [5, 5.41) is 18.0. The molecule has 2 N–H and O–H groups in total. The third kappa shape index (κ3) is 4.13. The molecule has 0 aromatic rings. The molecule has 0 radical (unpaired) electrons. The molecule has 3 nitrogen and oxygen atoms in total. The zero-order valence-corrected chi connectivity index (χ0v) is 8.01. The predicted octanol–water partition coefficient (Wildman–Crippen LogP) is 1.57. The van der Waals surface area contributed by atoms with Crippen LogP contribution in [0.3, 0.4) is 0 Å². The second-order valence-corrected chi connectivity index (χ2v) is 3.70. The van der Waals surface area contributed by atoms with Crippen molar-refractivity contribution in [1.82, 2.24) is 0 Å². The Morgan fingerprint density at radius 2 is 1.75 bits per heavy atom. The van der Waals surface area contributed by atoms with Crippen molar-refractivity contribution in [3.63, 3.8) is 0 Å². The molecule has 70 valence electrons. The van der Waals surface area contributed by atoms with E-state index in [1.165, 1.54) is 0 Å². The lowest BCUT2D eigenvalue weighted by atomic mass is 9.96. The van der Waals surface area contributed by atoms with E-state index in [9.17, 15) is 9.90 Å². The van der Waals surface area contributed by atoms with Crippen molar-refractivity contribution in [2.75, 3.05) is 0 Å². The quantitative estimate of drug-likeness (QED) is 0.635. The molecule has 0 rings (SSSR count). The fourth-order valence-electron chi connectivity index (χ4n) is 0.964. The van der Waals surface area contributed by atoms with E-state index < -0.39 is 11.6 Å². The summed E-state index contributed by atoms with van der Waals surface area (Å²) in [4.78, 5) is 10.5. The van der Waals surface area contributed by atoms with Crippen LogP contribution in [0, 0.1) is 0 Å². The number of carboxylic acids is 1. The summed E-state index contributed by atoms with van der Waals surface area (Å²) in [6.07, 6.45) is 0.394. The van der Waals surface area contributed by atoms with Gasteiger partial charge in [0.15, 0.2) is 0 Å². The molecule has 0 bridgehead atoms. The number of hydrogen-bond acceptors (Lipinski definition) is 2. The lowest BCUT2D eigenvalue weighted by molar-refractivity contribution is -0.132. The molecule has 0 heterocycles. The van der Waals surface area contributed by atoms with Gasteiger partial charge in [0.2, 0.25) is 0 Å². The van der Waals surface area contributed by atoms with Crippen molar-refractivity contribution >= 4 is 5.97 Å². The number of rotatable bonds is 3. The highest BCUT2D eigenvalue weighted by Crippen LogP contribution is 2.17. The van der Waals surface area contributed by atoms with Gasteiger partial charge in [0, 0.05) is 5.57 Å². The Morgan fingerprint density at radius 1 is 1.33 bits per heavy atom. The Morgan fingerprint density at radius 3 is 2.00 bits per heavy atom. The molecule has 0 unspecified atom stereocenters. The lowest BCUT2D eigenvalue weighted by Crippen LogP contribution is -2.19. The van der Waals surface area contributed by atoms with Gasteiger partial charge in [0.25, 0.3) is 0 Å². The third-order valence-corrected chi connectivity index (χ3v) is 1.66. The number of aliphatic hydroxyl groups is 1. The number of hydrogen-bond donors (Lipinski definition) is 2. The highest BCUT2D eigenvalue weighted by atomic mass is 16.4. The topological polar surface area (TPSA) is 57.5 Å². The first-order chi connectivity index (χ1) is 5.24. The fraction of sp³-hybridized carbons (Fsp3) is 0.667. The van der Waals surface area contributed by atoms with Gasteiger partial charge in [-0.15, -0.1) is 0 Å². The van der Waals surface area contributed by atoms with Gasteiger partial charge in [0.05, 0.1) is 5.60 Å². The van der Waals surface area contributed by atoms with E-state index in [2.05, 4.69) is 0 Å². The zero-order chi connectivity index (χ0) is 9.94. The van der Waals surface area contributed by atoms with Crippen molar-refractivity contribution in [2.24, 2.45) is 0 Å². The normalized spacial score (nSPS) is 14.1. The van der Waals surface area contributed by atoms with Gasteiger partial charge in [-0.25, -0.2) is 4.79 Å². The summed E-state index contributed by atoms with van der Waals surface area (Å²) >= 11 is 0. The highest BCUT2D eigenvalue weighted by molar-refractivity contribution is 5.86. The summed E-state index contributed by atoms with van der Waals surface area (Å²) in [5.41, 5.74) is 0.202. The summed E-state index contributed by atoms with van der Waals surface area (Å²) in [7, 11) is 0. The highest BCUT2D eigenvalue weighted by Gasteiger charge is 2.15. The minimum Gasteiger partial charge on any atom is -0.478 e. The van der Waals surface area contributed by atoms with Crippen molar-refractivity contribution in [3.8, 4) is 0 Å². The van der Waals surface area contributed by atoms with Crippen LogP contribution in [0.1, 0.15) is 34.1 Å². The minimum absolute atomic E-state index is 0.317. The Bertz CT molecular complexity index is 208. The molecular weight excluding hydrogens is 156 g/mol. The molecule has 3 heteroatoms. The van der Waals surface area contributed by atoms with Crippen molar-refractivity contribution in [3.05, 3.63) is 11.1 Å². The summed E-state index contributed by atoms with van der Waals surface area (Å²) < 4.78 is 0. The van der Waals surface area contributed by atoms with Gasteiger partial charge < -0.3 is 10.2 Å². The largest absolute Gasteiger partial charge is 0.478 e. The molecule has 0 atom stereocenters. The zero-order valence-electron chi connectivity index (χ0n) is 8.01. The molecule has 0 aliphatic heterocycles. The first-order valence-corrected chi connectivity index (χ1v) is 3.86. The maximum atomic E-state index is 10.5. The first kappa shape index (κ1) is 11.2. The molecule has 0 saturated carbocycles. The Hall–Kier alpha value is -0.830. The molecule has 0 aliphatic carbocycles. The maximum Gasteiger partial charge on any atom is 0.331 e. The average molecular weight is 172 g/mol. The number of carbonyl (C=O) groups is 1. The van der Waals surface area contributed by atoms with E-state index in [1.54, 1.807) is 27.7 Å². The van der Waals surface area contributed by atoms with E-state index in [4.69, 9.17) is 5.11 Å². The van der Waals surface area contributed by atoms with Crippen molar-refractivity contribution in [2.45, 2.75) is 39.7 Å². The average Bonchev–Trinajstić information content (AvgIpc) is 1.82. The monoisotopic (exact) mass is 172 g/mol. The third-order valence-electron chi connectivity index (χ3n) is 1.66. The summed E-state index contributed by atoms with van der Waals surface area (Å²) in [5.74, 6) is -0.920. The molecule has 0 saturated heterocycles. The van der Waals surface area contributed by atoms with Gasteiger partial charge >= 0.3 is 5.97 Å². The SMILES string of the molecule is C/C(CC(C)(C)O)=C(\C)C(=O)O. The Balaban J connectivity index is 4.49. The summed E-state index contributed by atoms with van der Waals surface area (Å²) in [6.45, 7) is 6.59. The van der Waals surface area contributed by atoms with Crippen LogP contribution in [0.2, 0.25) is 0 Å². The Kier molecular flexibility index (Phi) is 3.46. The lowest BCUT2D eigenvalue weighted by Gasteiger charge is -2.17. The molecule has 0 aliphatic rings. The van der Waals surface area contributed by atoms with Crippen LogP contribution in [-0.4, -0.2) is 21.8 Å². The van der Waals surface area contributed by atoms with Gasteiger partial charge in [-0.05, 0) is 34.1 Å². The van der Waals surface area contributed by atoms with E-state index in [1.807, 2.05) is 0 Å². The van der Waals surface area contributed by atoms with Crippen LogP contribution < -0.4 is 0 Å². The van der Waals surface area contributed by atoms with Gasteiger partial charge in [-0.3, -0.25) is 0 Å². The molecule has 0 aromatic carbocycles. The molecule has 0 fully saturated rings. The standard InChI is InChI=1S/C9H16O3/c1-6(5-9(3,4)12)7(2)8(10)11/h12H,5H2,1-4H3,(H,10,11)/b7-6-. The van der Waals surface area contributed by atoms with E-state index in [0.717, 1.165) is 5.57 Å². The fourth-order valence-corrected chi connectivity index (χ4v) is 0.964. The van der Waals surface area contributed by atoms with Gasteiger partial charge in [-0.1, -0.05) is 5.57 Å². The predicted molar refractivity (Wildman–Crippen MR) is 46.9 cm³/mol. The second-order valence-electron chi connectivity index (χ2n) is 3.70. The Labute approximate surface area is 72.7 Å². The molecular formula is C9H16O3. The minimum atomic E-state index is -0.920. The number of carboxylic acid groups (broad SMARTS) is 1. The second kappa shape index (κ2) is 3.72. The van der Waals surface area contributed by atoms with Gasteiger partial charge in [0.1, 0.15) is 0 Å². The van der Waals surface area contributed by atoms with Crippen LogP contribution in [0.15, 0.2) is 11.1 Å². The van der Waals surface area contributed by atoms with E-state index in [0.29, 0.717) is 12.0 Å².